The Morgan fingerprint density at radius 3 is 2.64 bits per heavy atom. The van der Waals surface area contributed by atoms with E-state index < -0.39 is 5.82 Å². The molecule has 0 unspecified atom stereocenters. The summed E-state index contributed by atoms with van der Waals surface area (Å²) < 4.78 is 17.9. The predicted octanol–water partition coefficient (Wildman–Crippen LogP) is 1.89. The number of aromatic nitrogens is 1. The molecule has 2 N–H and O–H groups in total. The summed E-state index contributed by atoms with van der Waals surface area (Å²) in [6.07, 6.45) is 1.12. The molecule has 14 heavy (non-hydrogen) atoms. The van der Waals surface area contributed by atoms with Crippen LogP contribution in [0, 0.1) is 11.7 Å². The molecular weight excluding hydrogens is 183 g/mol. The molecule has 0 saturated heterocycles. The number of hydrogen-bond donors (Lipinski definition) is 1. The number of nitrogens with zero attached hydrogens (tertiary/aromatic N) is 1. The van der Waals surface area contributed by atoms with Gasteiger partial charge >= 0.3 is 0 Å². The molecule has 3 nitrogen and oxygen atoms in total. The van der Waals surface area contributed by atoms with Crippen LogP contribution in [0.4, 0.5) is 4.39 Å². The minimum atomic E-state index is -0.392. The molecular formula is C10H15FN2O. The van der Waals surface area contributed by atoms with Gasteiger partial charge in [0.15, 0.2) is 0 Å². The normalized spacial score (nSPS) is 13.0. The van der Waals surface area contributed by atoms with Crippen LogP contribution in [0.25, 0.3) is 0 Å². The van der Waals surface area contributed by atoms with E-state index in [4.69, 9.17) is 10.5 Å². The quantitative estimate of drug-likeness (QED) is 0.806. The van der Waals surface area contributed by atoms with E-state index in [9.17, 15) is 4.39 Å². The first-order valence-electron chi connectivity index (χ1n) is 4.51. The lowest BCUT2D eigenvalue weighted by Crippen LogP contribution is -2.18. The van der Waals surface area contributed by atoms with Gasteiger partial charge in [0.2, 0.25) is 5.88 Å². The van der Waals surface area contributed by atoms with Gasteiger partial charge in [0.1, 0.15) is 5.82 Å². The molecule has 0 radical (unpaired) electrons. The van der Waals surface area contributed by atoms with Crippen molar-refractivity contribution in [1.82, 2.24) is 4.98 Å². The lowest BCUT2D eigenvalue weighted by atomic mass is 9.98. The van der Waals surface area contributed by atoms with E-state index in [-0.39, 0.29) is 12.0 Å². The van der Waals surface area contributed by atoms with Crippen molar-refractivity contribution < 1.29 is 9.13 Å². The van der Waals surface area contributed by atoms with Crippen molar-refractivity contribution in [3.05, 3.63) is 23.6 Å². The molecule has 0 aliphatic heterocycles. The molecule has 0 spiro atoms. The first-order valence-corrected chi connectivity index (χ1v) is 4.51. The second-order valence-electron chi connectivity index (χ2n) is 3.52. The Bertz CT molecular complexity index is 315. The molecule has 1 rings (SSSR count). The van der Waals surface area contributed by atoms with Crippen LogP contribution in [0.1, 0.15) is 25.5 Å². The second-order valence-corrected chi connectivity index (χ2v) is 3.52. The molecule has 0 amide bonds. The zero-order valence-corrected chi connectivity index (χ0v) is 8.62. The van der Waals surface area contributed by atoms with Gasteiger partial charge in [0.25, 0.3) is 0 Å². The zero-order valence-electron chi connectivity index (χ0n) is 8.62. The van der Waals surface area contributed by atoms with Crippen molar-refractivity contribution in [2.75, 3.05) is 7.11 Å². The van der Waals surface area contributed by atoms with Gasteiger partial charge in [-0.25, -0.2) is 9.37 Å². The average Bonchev–Trinajstić information content (AvgIpc) is 2.16. The lowest BCUT2D eigenvalue weighted by molar-refractivity contribution is 0.377. The average molecular weight is 198 g/mol. The third-order valence-electron chi connectivity index (χ3n) is 2.12. The Hall–Kier alpha value is -1.16. The van der Waals surface area contributed by atoms with E-state index >= 15 is 0 Å². The first kappa shape index (κ1) is 10.9. The zero-order chi connectivity index (χ0) is 10.7. The third kappa shape index (κ3) is 2.20. The molecule has 1 aromatic rings. The highest BCUT2D eigenvalue weighted by Gasteiger charge is 2.17. The Kier molecular flexibility index (Phi) is 3.41. The molecule has 0 aliphatic carbocycles. The van der Waals surface area contributed by atoms with Crippen LogP contribution >= 0.6 is 0 Å². The highest BCUT2D eigenvalue weighted by molar-refractivity contribution is 5.29. The number of hydrogen-bond acceptors (Lipinski definition) is 3. The van der Waals surface area contributed by atoms with Crippen molar-refractivity contribution in [1.29, 1.82) is 0 Å². The summed E-state index contributed by atoms with van der Waals surface area (Å²) in [5.74, 6) is 0.219. The van der Waals surface area contributed by atoms with Crippen molar-refractivity contribution in [2.45, 2.75) is 19.9 Å². The fourth-order valence-corrected chi connectivity index (χ4v) is 1.21. The number of rotatable bonds is 3. The topological polar surface area (TPSA) is 48.1 Å². The second kappa shape index (κ2) is 4.37. The molecule has 0 aliphatic rings. The Morgan fingerprint density at radius 1 is 1.50 bits per heavy atom. The van der Waals surface area contributed by atoms with Crippen LogP contribution in [0.5, 0.6) is 5.88 Å². The van der Waals surface area contributed by atoms with Gasteiger partial charge in [-0.3, -0.25) is 0 Å². The number of ether oxygens (including phenoxy) is 1. The van der Waals surface area contributed by atoms with E-state index in [1.54, 1.807) is 0 Å². The van der Waals surface area contributed by atoms with Crippen LogP contribution in [0.15, 0.2) is 12.3 Å². The van der Waals surface area contributed by atoms with Gasteiger partial charge in [-0.05, 0) is 12.0 Å². The summed E-state index contributed by atoms with van der Waals surface area (Å²) in [6.45, 7) is 3.93. The fraction of sp³-hybridized carbons (Fsp3) is 0.500. The van der Waals surface area contributed by atoms with Crippen molar-refractivity contribution in [2.24, 2.45) is 11.7 Å². The van der Waals surface area contributed by atoms with Gasteiger partial charge in [-0.15, -0.1) is 0 Å². The molecule has 0 fully saturated rings. The van der Waals surface area contributed by atoms with E-state index in [1.807, 2.05) is 13.8 Å². The number of halogens is 1. The smallest absolute Gasteiger partial charge is 0.218 e. The molecule has 4 heteroatoms. The Balaban J connectivity index is 3.10. The SMILES string of the molecule is COc1ncc(F)cc1[C@@H](N)C(C)C. The van der Waals surface area contributed by atoms with Gasteiger partial charge in [-0.2, -0.15) is 0 Å². The van der Waals surface area contributed by atoms with Crippen LogP contribution in [-0.4, -0.2) is 12.1 Å². The molecule has 1 atom stereocenters. The van der Waals surface area contributed by atoms with Crippen LogP contribution in [0.2, 0.25) is 0 Å². The minimum Gasteiger partial charge on any atom is -0.481 e. The summed E-state index contributed by atoms with van der Waals surface area (Å²) in [5, 5.41) is 0. The summed E-state index contributed by atoms with van der Waals surface area (Å²) in [4.78, 5) is 3.82. The summed E-state index contributed by atoms with van der Waals surface area (Å²) >= 11 is 0. The fourth-order valence-electron chi connectivity index (χ4n) is 1.21. The number of methoxy groups -OCH3 is 1. The molecule has 1 aromatic heterocycles. The molecule has 78 valence electrons. The maximum atomic E-state index is 12.9. The minimum absolute atomic E-state index is 0.215. The molecule has 0 aromatic carbocycles. The summed E-state index contributed by atoms with van der Waals surface area (Å²) in [6, 6.07) is 1.12. The van der Waals surface area contributed by atoms with E-state index in [0.29, 0.717) is 11.4 Å². The van der Waals surface area contributed by atoms with Crippen molar-refractivity contribution in [3.8, 4) is 5.88 Å². The van der Waals surface area contributed by atoms with Crippen molar-refractivity contribution in [3.63, 3.8) is 0 Å². The Labute approximate surface area is 83.1 Å². The maximum Gasteiger partial charge on any atom is 0.218 e. The highest BCUT2D eigenvalue weighted by atomic mass is 19.1. The van der Waals surface area contributed by atoms with Crippen LogP contribution in [0.3, 0.4) is 0 Å². The highest BCUT2D eigenvalue weighted by Crippen LogP contribution is 2.26. The van der Waals surface area contributed by atoms with Crippen LogP contribution < -0.4 is 10.5 Å². The third-order valence-corrected chi connectivity index (χ3v) is 2.12. The molecule has 1 heterocycles. The molecule has 0 saturated carbocycles. The van der Waals surface area contributed by atoms with Crippen LogP contribution in [-0.2, 0) is 0 Å². The van der Waals surface area contributed by atoms with E-state index in [0.717, 1.165) is 6.20 Å². The predicted molar refractivity (Wildman–Crippen MR) is 52.5 cm³/mol. The number of nitrogens with two attached hydrogens (primary N) is 1. The van der Waals surface area contributed by atoms with E-state index in [1.165, 1.54) is 13.2 Å². The van der Waals surface area contributed by atoms with E-state index in [2.05, 4.69) is 4.98 Å². The summed E-state index contributed by atoms with van der Waals surface area (Å²) in [5.41, 5.74) is 6.51. The van der Waals surface area contributed by atoms with Crippen molar-refractivity contribution >= 4 is 0 Å². The largest absolute Gasteiger partial charge is 0.481 e. The lowest BCUT2D eigenvalue weighted by Gasteiger charge is -2.17. The van der Waals surface area contributed by atoms with Gasteiger partial charge in [-0.1, -0.05) is 13.8 Å². The first-order chi connectivity index (χ1) is 6.56. The Morgan fingerprint density at radius 2 is 2.14 bits per heavy atom. The standard InChI is InChI=1S/C10H15FN2O/c1-6(2)9(12)8-4-7(11)5-13-10(8)14-3/h4-6,9H,12H2,1-3H3/t9-/m0/s1. The number of pyridine rings is 1. The maximum absolute atomic E-state index is 12.9. The molecule has 0 bridgehead atoms. The monoisotopic (exact) mass is 198 g/mol. The van der Waals surface area contributed by atoms with Gasteiger partial charge < -0.3 is 10.5 Å². The van der Waals surface area contributed by atoms with Gasteiger partial charge in [0, 0.05) is 11.6 Å². The van der Waals surface area contributed by atoms with Gasteiger partial charge in [0.05, 0.1) is 13.3 Å². The summed E-state index contributed by atoms with van der Waals surface area (Å²) in [7, 11) is 1.50.